The van der Waals surface area contributed by atoms with Gasteiger partial charge in [0.2, 0.25) is 0 Å². The number of pyridine rings is 1. The Morgan fingerprint density at radius 2 is 1.72 bits per heavy atom. The molecule has 0 unspecified atom stereocenters. The Bertz CT molecular complexity index is 2010. The Kier molecular flexibility index (Phi) is 7.05. The predicted molar refractivity (Wildman–Crippen MR) is 176 cm³/mol. The summed E-state index contributed by atoms with van der Waals surface area (Å²) in [7, 11) is 0. The van der Waals surface area contributed by atoms with Crippen molar-refractivity contribution in [2.45, 2.75) is 70.8 Å². The Hall–Kier alpha value is -4.45. The maximum Gasteiger partial charge on any atom is 0.280 e. The molecule has 9 nitrogen and oxygen atoms in total. The zero-order valence-corrected chi connectivity index (χ0v) is 27.0. The summed E-state index contributed by atoms with van der Waals surface area (Å²) >= 11 is 0.900. The number of nitrogens with zero attached hydrogens (tertiary/aromatic N) is 5. The highest BCUT2D eigenvalue weighted by Gasteiger charge is 2.54. The number of nitrogens with one attached hydrogen (secondary N) is 1. The van der Waals surface area contributed by atoms with Crippen molar-refractivity contribution in [1.82, 2.24) is 24.5 Å². The van der Waals surface area contributed by atoms with Gasteiger partial charge in [-0.25, -0.2) is 18.4 Å². The summed E-state index contributed by atoms with van der Waals surface area (Å²) in [6.07, 6.45) is 7.46. The fourth-order valence-corrected chi connectivity index (χ4v) is 9.92. The Labute approximate surface area is 274 Å². The van der Waals surface area contributed by atoms with Gasteiger partial charge in [0.25, 0.3) is 18.2 Å². The molecule has 12 heteroatoms. The molecule has 0 saturated heterocycles. The average Bonchev–Trinajstić information content (AvgIpc) is 3.76. The normalized spacial score (nSPS) is 23.2. The van der Waals surface area contributed by atoms with Crippen molar-refractivity contribution in [3.63, 3.8) is 0 Å². The van der Waals surface area contributed by atoms with E-state index in [0.717, 1.165) is 42.0 Å². The van der Waals surface area contributed by atoms with Crippen LogP contribution in [0.25, 0.3) is 27.0 Å². The maximum absolute atomic E-state index is 14.6. The van der Waals surface area contributed by atoms with Crippen LogP contribution in [0.5, 0.6) is 0 Å². The molecule has 0 radical (unpaired) electrons. The van der Waals surface area contributed by atoms with Crippen LogP contribution in [0, 0.1) is 24.7 Å². The smallest absolute Gasteiger partial charge is 0.280 e. The van der Waals surface area contributed by atoms with Crippen molar-refractivity contribution in [1.29, 1.82) is 0 Å². The van der Waals surface area contributed by atoms with Gasteiger partial charge in [-0.1, -0.05) is 18.2 Å². The van der Waals surface area contributed by atoms with Gasteiger partial charge in [-0.3, -0.25) is 14.3 Å². The molecule has 5 aromatic rings. The number of carbonyl (C=O) groups excluding carboxylic acids is 2. The minimum atomic E-state index is -2.84. The SMILES string of the molecule is CCn1cc(-c2cc(C(F)F)nc3sc(C(N)=O)c(NC(=O)c4cn(-c5ccccc5)nc4C45CC6CC(CC(C6)C4)C5)c23)c(C)n1. The second kappa shape index (κ2) is 11.1. The summed E-state index contributed by atoms with van der Waals surface area (Å²) < 4.78 is 31.7. The summed E-state index contributed by atoms with van der Waals surface area (Å²) in [6.45, 7) is 4.31. The fourth-order valence-electron chi connectivity index (χ4n) is 8.90. The van der Waals surface area contributed by atoms with Gasteiger partial charge in [0.15, 0.2) is 0 Å². The first-order valence-corrected chi connectivity index (χ1v) is 17.0. The molecule has 0 aliphatic heterocycles. The third-order valence-corrected chi connectivity index (χ3v) is 11.5. The highest BCUT2D eigenvalue weighted by Crippen LogP contribution is 2.61. The molecule has 4 aliphatic carbocycles. The number of halogens is 2. The van der Waals surface area contributed by atoms with Crippen LogP contribution in [0.3, 0.4) is 0 Å². The summed E-state index contributed by atoms with van der Waals surface area (Å²) in [5.41, 5.74) is 9.10. The number of carbonyl (C=O) groups is 2. The molecular formula is C35H35F2N7O2S. The van der Waals surface area contributed by atoms with Gasteiger partial charge in [-0.05, 0) is 93.9 Å². The number of para-hydroxylation sites is 1. The number of rotatable bonds is 8. The number of benzene rings is 1. The van der Waals surface area contributed by atoms with Crippen LogP contribution in [0.15, 0.2) is 48.8 Å². The van der Waals surface area contributed by atoms with Crippen LogP contribution in [0.1, 0.15) is 89.0 Å². The van der Waals surface area contributed by atoms with E-state index in [2.05, 4.69) is 15.4 Å². The molecule has 4 bridgehead atoms. The minimum absolute atomic E-state index is 0.0425. The molecule has 4 fully saturated rings. The van der Waals surface area contributed by atoms with Crippen LogP contribution < -0.4 is 11.1 Å². The van der Waals surface area contributed by atoms with Gasteiger partial charge in [-0.15, -0.1) is 11.3 Å². The number of aromatic nitrogens is 5. The van der Waals surface area contributed by atoms with Crippen LogP contribution >= 0.6 is 11.3 Å². The van der Waals surface area contributed by atoms with Crippen molar-refractivity contribution in [3.05, 3.63) is 76.3 Å². The number of hydrogen-bond donors (Lipinski definition) is 2. The average molecular weight is 656 g/mol. The molecular weight excluding hydrogens is 620 g/mol. The molecule has 1 aromatic carbocycles. The van der Waals surface area contributed by atoms with Gasteiger partial charge >= 0.3 is 0 Å². The second-order valence-corrected chi connectivity index (χ2v) is 14.6. The van der Waals surface area contributed by atoms with Crippen molar-refractivity contribution in [2.75, 3.05) is 5.32 Å². The quantitative estimate of drug-likeness (QED) is 0.180. The van der Waals surface area contributed by atoms with E-state index in [1.165, 1.54) is 25.3 Å². The number of anilines is 1. The largest absolute Gasteiger partial charge is 0.365 e. The highest BCUT2D eigenvalue weighted by molar-refractivity contribution is 7.21. The van der Waals surface area contributed by atoms with E-state index in [4.69, 9.17) is 10.8 Å². The van der Waals surface area contributed by atoms with Crippen molar-refractivity contribution < 1.29 is 18.4 Å². The lowest BCUT2D eigenvalue weighted by Gasteiger charge is -2.56. The van der Waals surface area contributed by atoms with Gasteiger partial charge in [0, 0.05) is 35.3 Å². The monoisotopic (exact) mass is 655 g/mol. The van der Waals surface area contributed by atoms with Crippen molar-refractivity contribution >= 4 is 39.1 Å². The zero-order valence-electron chi connectivity index (χ0n) is 26.2. The predicted octanol–water partition coefficient (Wildman–Crippen LogP) is 7.43. The fraction of sp³-hybridized carbons (Fsp3) is 0.400. The molecule has 4 aliphatic rings. The maximum atomic E-state index is 14.6. The summed E-state index contributed by atoms with van der Waals surface area (Å²) in [5, 5.41) is 13.1. The topological polar surface area (TPSA) is 121 Å². The number of hydrogen-bond acceptors (Lipinski definition) is 6. The molecule has 4 saturated carbocycles. The van der Waals surface area contributed by atoms with E-state index in [1.807, 2.05) is 37.3 Å². The lowest BCUT2D eigenvalue weighted by Crippen LogP contribution is -2.49. The van der Waals surface area contributed by atoms with Crippen LogP contribution in [-0.4, -0.2) is 36.4 Å². The van der Waals surface area contributed by atoms with E-state index in [-0.39, 0.29) is 20.8 Å². The summed E-state index contributed by atoms with van der Waals surface area (Å²) in [5.74, 6) is 0.684. The number of primary amides is 1. The number of fused-ring (bicyclic) bond motifs is 1. The first-order valence-electron chi connectivity index (χ1n) is 16.2. The third kappa shape index (κ3) is 4.95. The standard InChI is InChI=1S/C35H35F2N7O2S/c1-3-43-16-24(18(2)41-43)23-12-26(31(36)37)39-34-27(23)28(29(47-34)32(38)45)40-33(46)25-17-44(22-7-5-4-6-8-22)42-30(25)35-13-19-9-20(14-35)11-21(10-19)15-35/h4-8,12,16-17,19-21,31H,3,9-11,13-15H2,1-2H3,(H2,38,45)(H,40,46). The lowest BCUT2D eigenvalue weighted by atomic mass is 9.48. The molecule has 0 atom stereocenters. The molecule has 0 spiro atoms. The second-order valence-electron chi connectivity index (χ2n) is 13.6. The number of aryl methyl sites for hydroxylation is 2. The van der Waals surface area contributed by atoms with Gasteiger partial charge in [-0.2, -0.15) is 10.2 Å². The zero-order chi connectivity index (χ0) is 32.6. The van der Waals surface area contributed by atoms with Crippen LogP contribution in [0.4, 0.5) is 14.5 Å². The van der Waals surface area contributed by atoms with E-state index in [1.54, 1.807) is 28.7 Å². The molecule has 4 heterocycles. The summed E-state index contributed by atoms with van der Waals surface area (Å²) in [4.78, 5) is 31.9. The van der Waals surface area contributed by atoms with Crippen LogP contribution in [0.2, 0.25) is 0 Å². The number of nitrogens with two attached hydrogens (primary N) is 1. The molecule has 4 aromatic heterocycles. The summed E-state index contributed by atoms with van der Waals surface area (Å²) in [6, 6.07) is 11.0. The number of thiophene rings is 1. The van der Waals surface area contributed by atoms with Crippen molar-refractivity contribution in [2.24, 2.45) is 23.5 Å². The van der Waals surface area contributed by atoms with Crippen molar-refractivity contribution in [3.8, 4) is 16.8 Å². The van der Waals surface area contributed by atoms with E-state index < -0.39 is 23.9 Å². The van der Waals surface area contributed by atoms with E-state index in [9.17, 15) is 18.4 Å². The Morgan fingerprint density at radius 3 is 2.32 bits per heavy atom. The van der Waals surface area contributed by atoms with Crippen LogP contribution in [-0.2, 0) is 12.0 Å². The first-order chi connectivity index (χ1) is 22.6. The number of amides is 2. The molecule has 242 valence electrons. The van der Waals surface area contributed by atoms with Gasteiger partial charge in [0.05, 0.1) is 28.3 Å². The first kappa shape index (κ1) is 29.9. The minimum Gasteiger partial charge on any atom is -0.365 e. The molecule has 9 rings (SSSR count). The molecule has 47 heavy (non-hydrogen) atoms. The van der Waals surface area contributed by atoms with Gasteiger partial charge < -0.3 is 11.1 Å². The lowest BCUT2D eigenvalue weighted by molar-refractivity contribution is -0.00765. The molecule has 3 N–H and O–H groups in total. The van der Waals surface area contributed by atoms with E-state index in [0.29, 0.717) is 52.1 Å². The highest BCUT2D eigenvalue weighted by atomic mass is 32.1. The Balaban J connectivity index is 1.29. The Morgan fingerprint density at radius 1 is 1.04 bits per heavy atom. The third-order valence-electron chi connectivity index (χ3n) is 10.4. The number of alkyl halides is 2. The van der Waals surface area contributed by atoms with E-state index >= 15 is 0 Å². The van der Waals surface area contributed by atoms with Gasteiger partial charge in [0.1, 0.15) is 15.4 Å². The molecule has 2 amide bonds.